The van der Waals surface area contributed by atoms with Gasteiger partial charge in [-0.1, -0.05) is 234 Å². The van der Waals surface area contributed by atoms with Gasteiger partial charge in [0.25, 0.3) is 0 Å². The molecule has 0 aromatic carbocycles. The van der Waals surface area contributed by atoms with Crippen molar-refractivity contribution < 1.29 is 28.6 Å². The van der Waals surface area contributed by atoms with Crippen molar-refractivity contribution in [3.63, 3.8) is 0 Å². The molecule has 0 saturated carbocycles. The van der Waals surface area contributed by atoms with Crippen LogP contribution < -0.4 is 0 Å². The lowest BCUT2D eigenvalue weighted by atomic mass is 10.0. The van der Waals surface area contributed by atoms with E-state index in [2.05, 4.69) is 34.6 Å². The minimum Gasteiger partial charge on any atom is -0.462 e. The van der Waals surface area contributed by atoms with Crippen molar-refractivity contribution in [2.75, 3.05) is 13.2 Å². The molecule has 0 unspecified atom stereocenters. The Labute approximate surface area is 348 Å². The third-order valence-electron chi connectivity index (χ3n) is 11.2. The van der Waals surface area contributed by atoms with E-state index in [0.29, 0.717) is 19.3 Å². The summed E-state index contributed by atoms with van der Waals surface area (Å²) in [4.78, 5) is 37.7. The first kappa shape index (κ1) is 54.4. The first-order valence-corrected chi connectivity index (χ1v) is 24.7. The topological polar surface area (TPSA) is 78.9 Å². The van der Waals surface area contributed by atoms with Crippen LogP contribution in [-0.2, 0) is 28.6 Å². The highest BCUT2D eigenvalue weighted by Gasteiger charge is 2.19. The van der Waals surface area contributed by atoms with Gasteiger partial charge in [0.05, 0.1) is 0 Å². The summed E-state index contributed by atoms with van der Waals surface area (Å²) in [5.41, 5.74) is 0. The Morgan fingerprint density at radius 3 is 0.875 bits per heavy atom. The van der Waals surface area contributed by atoms with Crippen LogP contribution in [0.25, 0.3) is 0 Å². The van der Waals surface area contributed by atoms with Crippen LogP contribution in [0.3, 0.4) is 0 Å². The van der Waals surface area contributed by atoms with Crippen molar-refractivity contribution in [1.29, 1.82) is 0 Å². The molecule has 0 amide bonds. The summed E-state index contributed by atoms with van der Waals surface area (Å²) in [7, 11) is 0. The first-order valence-electron chi connectivity index (χ1n) is 24.7. The molecule has 56 heavy (non-hydrogen) atoms. The summed E-state index contributed by atoms with van der Waals surface area (Å²) in [5.74, 6) is 0.680. The van der Waals surface area contributed by atoms with Crippen molar-refractivity contribution in [2.24, 2.45) is 11.8 Å². The number of carbonyl (C=O) groups is 3. The molecule has 6 nitrogen and oxygen atoms in total. The molecule has 0 aliphatic carbocycles. The molecule has 0 N–H and O–H groups in total. The molecular formula is C50H96O6. The van der Waals surface area contributed by atoms with E-state index in [0.717, 1.165) is 69.6 Å². The molecule has 0 heterocycles. The minimum absolute atomic E-state index is 0.0657. The molecular weight excluding hydrogens is 697 g/mol. The lowest BCUT2D eigenvalue weighted by Crippen LogP contribution is -2.30. The van der Waals surface area contributed by atoms with Crippen molar-refractivity contribution in [1.82, 2.24) is 0 Å². The number of esters is 3. The predicted molar refractivity (Wildman–Crippen MR) is 238 cm³/mol. The number of rotatable bonds is 44. The normalized spacial score (nSPS) is 12.1. The fraction of sp³-hybridized carbons (Fsp3) is 0.940. The molecule has 332 valence electrons. The van der Waals surface area contributed by atoms with E-state index in [-0.39, 0.29) is 31.1 Å². The SMILES string of the molecule is CCCCCCCCCCCCCCCCCCCCCC(=O)OC[C@@H](COC(=O)CCCCCCCCC(C)C)OC(=O)CCCCCCCCCC(C)C. The van der Waals surface area contributed by atoms with Crippen LogP contribution in [-0.4, -0.2) is 37.2 Å². The molecule has 0 aliphatic heterocycles. The average Bonchev–Trinajstić information content (AvgIpc) is 3.16. The summed E-state index contributed by atoms with van der Waals surface area (Å²) in [6, 6.07) is 0. The Morgan fingerprint density at radius 1 is 0.339 bits per heavy atom. The van der Waals surface area contributed by atoms with Crippen LogP contribution in [0.4, 0.5) is 0 Å². The quantitative estimate of drug-likeness (QED) is 0.0347. The van der Waals surface area contributed by atoms with E-state index in [1.807, 2.05) is 0 Å². The number of ether oxygens (including phenoxy) is 3. The van der Waals surface area contributed by atoms with Gasteiger partial charge in [0, 0.05) is 19.3 Å². The molecule has 0 rings (SSSR count). The van der Waals surface area contributed by atoms with Gasteiger partial charge >= 0.3 is 17.9 Å². The molecule has 0 aliphatic rings. The number of unbranched alkanes of at least 4 members (excludes halogenated alkanes) is 29. The van der Waals surface area contributed by atoms with Gasteiger partial charge in [-0.25, -0.2) is 0 Å². The molecule has 0 aromatic rings. The Kier molecular flexibility index (Phi) is 41.8. The smallest absolute Gasteiger partial charge is 0.306 e. The third kappa shape index (κ3) is 43.5. The van der Waals surface area contributed by atoms with Gasteiger partial charge in [0.15, 0.2) is 6.10 Å². The molecule has 0 saturated heterocycles. The molecule has 0 fully saturated rings. The molecule has 0 bridgehead atoms. The van der Waals surface area contributed by atoms with Crippen LogP contribution in [0.2, 0.25) is 0 Å². The van der Waals surface area contributed by atoms with Crippen molar-refractivity contribution in [3.05, 3.63) is 0 Å². The second-order valence-corrected chi connectivity index (χ2v) is 18.1. The fourth-order valence-corrected chi connectivity index (χ4v) is 7.46. The maximum absolute atomic E-state index is 12.7. The molecule has 0 spiro atoms. The monoisotopic (exact) mass is 793 g/mol. The summed E-state index contributed by atoms with van der Waals surface area (Å²) in [6.45, 7) is 11.2. The van der Waals surface area contributed by atoms with E-state index >= 15 is 0 Å². The second kappa shape index (κ2) is 43.0. The van der Waals surface area contributed by atoms with E-state index in [1.165, 1.54) is 161 Å². The average molecular weight is 793 g/mol. The van der Waals surface area contributed by atoms with Gasteiger partial charge < -0.3 is 14.2 Å². The van der Waals surface area contributed by atoms with Crippen LogP contribution in [0.15, 0.2) is 0 Å². The van der Waals surface area contributed by atoms with Gasteiger partial charge in [-0.2, -0.15) is 0 Å². The van der Waals surface area contributed by atoms with Crippen molar-refractivity contribution in [3.8, 4) is 0 Å². The number of carbonyl (C=O) groups excluding carboxylic acids is 3. The zero-order chi connectivity index (χ0) is 41.2. The molecule has 6 heteroatoms. The number of hydrogen-bond acceptors (Lipinski definition) is 6. The van der Waals surface area contributed by atoms with Crippen LogP contribution in [0.1, 0.15) is 272 Å². The van der Waals surface area contributed by atoms with Gasteiger partial charge in [0.1, 0.15) is 13.2 Å². The van der Waals surface area contributed by atoms with E-state index in [4.69, 9.17) is 14.2 Å². The van der Waals surface area contributed by atoms with Crippen LogP contribution in [0.5, 0.6) is 0 Å². The predicted octanol–water partition coefficient (Wildman–Crippen LogP) is 15.8. The largest absolute Gasteiger partial charge is 0.462 e. The number of hydrogen-bond donors (Lipinski definition) is 0. The van der Waals surface area contributed by atoms with Crippen molar-refractivity contribution >= 4 is 17.9 Å². The second-order valence-electron chi connectivity index (χ2n) is 18.1. The lowest BCUT2D eigenvalue weighted by molar-refractivity contribution is -0.167. The highest BCUT2D eigenvalue weighted by Crippen LogP contribution is 2.17. The minimum atomic E-state index is -0.762. The van der Waals surface area contributed by atoms with Crippen LogP contribution in [0, 0.1) is 11.8 Å². The highest BCUT2D eigenvalue weighted by molar-refractivity contribution is 5.71. The molecule has 0 aromatic heterocycles. The maximum Gasteiger partial charge on any atom is 0.306 e. The van der Waals surface area contributed by atoms with E-state index in [1.54, 1.807) is 0 Å². The third-order valence-corrected chi connectivity index (χ3v) is 11.2. The lowest BCUT2D eigenvalue weighted by Gasteiger charge is -2.18. The first-order chi connectivity index (χ1) is 27.2. The van der Waals surface area contributed by atoms with Gasteiger partial charge in [0.2, 0.25) is 0 Å². The Bertz CT molecular complexity index is 854. The zero-order valence-electron chi connectivity index (χ0n) is 38.3. The molecule has 1 atom stereocenters. The molecule has 0 radical (unpaired) electrons. The van der Waals surface area contributed by atoms with E-state index < -0.39 is 6.10 Å². The summed E-state index contributed by atoms with van der Waals surface area (Å²) >= 11 is 0. The van der Waals surface area contributed by atoms with Gasteiger partial charge in [-0.05, 0) is 31.1 Å². The Hall–Kier alpha value is -1.59. The van der Waals surface area contributed by atoms with Crippen LogP contribution >= 0.6 is 0 Å². The highest BCUT2D eigenvalue weighted by atomic mass is 16.6. The standard InChI is InChI=1S/C50H96O6/c1-6-7-8-9-10-11-12-13-14-15-16-17-18-19-20-21-24-30-35-40-48(51)54-43-47(44-55-49(52)41-36-31-27-26-29-34-39-46(4)5)56-50(53)42-37-32-25-22-23-28-33-38-45(2)3/h45-47H,6-44H2,1-5H3/t47-/m0/s1. The van der Waals surface area contributed by atoms with E-state index in [9.17, 15) is 14.4 Å². The summed E-state index contributed by atoms with van der Waals surface area (Å²) in [5, 5.41) is 0. The maximum atomic E-state index is 12.7. The fourth-order valence-electron chi connectivity index (χ4n) is 7.46. The zero-order valence-corrected chi connectivity index (χ0v) is 38.3. The Morgan fingerprint density at radius 2 is 0.589 bits per heavy atom. The summed E-state index contributed by atoms with van der Waals surface area (Å²) in [6.07, 6.45) is 42.6. The Balaban J connectivity index is 4.19. The van der Waals surface area contributed by atoms with Gasteiger partial charge in [-0.15, -0.1) is 0 Å². The van der Waals surface area contributed by atoms with Crippen molar-refractivity contribution in [2.45, 2.75) is 278 Å². The van der Waals surface area contributed by atoms with Gasteiger partial charge in [-0.3, -0.25) is 14.4 Å². The summed E-state index contributed by atoms with van der Waals surface area (Å²) < 4.78 is 16.7.